The Kier molecular flexibility index (Phi) is 5.85. The van der Waals surface area contributed by atoms with Gasteiger partial charge in [0.25, 0.3) is 0 Å². The second-order valence-corrected chi connectivity index (χ2v) is 4.15. The number of nitrogen functional groups attached to an aromatic ring is 1. The van der Waals surface area contributed by atoms with Gasteiger partial charge in [-0.05, 0) is 25.0 Å². The zero-order chi connectivity index (χ0) is 14.3. The summed E-state index contributed by atoms with van der Waals surface area (Å²) in [5.41, 5.74) is 6.04. The van der Waals surface area contributed by atoms with Crippen LogP contribution in [0.1, 0.15) is 39.5 Å². The minimum Gasteiger partial charge on any atom is -0.426 e. The van der Waals surface area contributed by atoms with Crippen LogP contribution in [0.5, 0.6) is 11.5 Å². The molecule has 0 bridgehead atoms. The first kappa shape index (κ1) is 15.0. The number of ether oxygens (including phenoxy) is 2. The van der Waals surface area contributed by atoms with Gasteiger partial charge < -0.3 is 15.2 Å². The molecule has 5 nitrogen and oxygen atoms in total. The molecule has 0 saturated heterocycles. The molecule has 0 heterocycles. The third-order valence-corrected chi connectivity index (χ3v) is 2.35. The molecule has 5 heteroatoms. The maximum absolute atomic E-state index is 11.4. The van der Waals surface area contributed by atoms with Crippen LogP contribution in [0.2, 0.25) is 0 Å². The quantitative estimate of drug-likeness (QED) is 0.486. The highest BCUT2D eigenvalue weighted by atomic mass is 16.5. The van der Waals surface area contributed by atoms with Gasteiger partial charge in [-0.1, -0.05) is 13.8 Å². The Morgan fingerprint density at radius 1 is 1.05 bits per heavy atom. The van der Waals surface area contributed by atoms with Crippen molar-refractivity contribution in [3.63, 3.8) is 0 Å². The molecule has 0 unspecified atom stereocenters. The second kappa shape index (κ2) is 7.41. The number of carbonyl (C=O) groups excluding carboxylic acids is 2. The number of rotatable bonds is 6. The lowest BCUT2D eigenvalue weighted by molar-refractivity contribution is -0.134. The Hall–Kier alpha value is -2.04. The minimum atomic E-state index is -0.355. The number of anilines is 1. The van der Waals surface area contributed by atoms with E-state index in [2.05, 4.69) is 0 Å². The van der Waals surface area contributed by atoms with Crippen molar-refractivity contribution in [2.24, 2.45) is 0 Å². The van der Waals surface area contributed by atoms with Crippen molar-refractivity contribution in [1.29, 1.82) is 0 Å². The van der Waals surface area contributed by atoms with Gasteiger partial charge in [-0.2, -0.15) is 0 Å². The number of hydrogen-bond acceptors (Lipinski definition) is 5. The summed E-state index contributed by atoms with van der Waals surface area (Å²) in [6, 6.07) is 4.57. The van der Waals surface area contributed by atoms with Gasteiger partial charge in [-0.25, -0.2) is 0 Å². The maximum Gasteiger partial charge on any atom is 0.311 e. The molecule has 19 heavy (non-hydrogen) atoms. The van der Waals surface area contributed by atoms with Gasteiger partial charge >= 0.3 is 11.9 Å². The molecule has 0 aromatic heterocycles. The number of nitrogens with two attached hydrogens (primary N) is 1. The number of esters is 2. The van der Waals surface area contributed by atoms with E-state index in [0.717, 1.165) is 0 Å². The lowest BCUT2D eigenvalue weighted by Gasteiger charge is -2.09. The minimum absolute atomic E-state index is 0.222. The summed E-state index contributed by atoms with van der Waals surface area (Å²) in [5, 5.41) is 0. The number of hydrogen-bond donors (Lipinski definition) is 1. The van der Waals surface area contributed by atoms with Crippen molar-refractivity contribution in [3.05, 3.63) is 18.2 Å². The lowest BCUT2D eigenvalue weighted by atomic mass is 10.2. The second-order valence-electron chi connectivity index (χ2n) is 4.15. The number of carbonyl (C=O) groups is 2. The standard InChI is InChI=1S/C14H19NO4/c1-3-5-13(16)18-10-7-8-11(15)12(9-10)19-14(17)6-4-2/h7-9H,3-6,15H2,1-2H3. The van der Waals surface area contributed by atoms with E-state index in [1.165, 1.54) is 6.07 Å². The van der Waals surface area contributed by atoms with E-state index >= 15 is 0 Å². The van der Waals surface area contributed by atoms with E-state index in [0.29, 0.717) is 37.1 Å². The zero-order valence-electron chi connectivity index (χ0n) is 11.3. The van der Waals surface area contributed by atoms with Crippen molar-refractivity contribution in [3.8, 4) is 11.5 Å². The summed E-state index contributed by atoms with van der Waals surface area (Å²) in [6.45, 7) is 3.77. The van der Waals surface area contributed by atoms with Crippen molar-refractivity contribution in [2.75, 3.05) is 5.73 Å². The summed E-state index contributed by atoms with van der Waals surface area (Å²) in [7, 11) is 0. The smallest absolute Gasteiger partial charge is 0.311 e. The molecule has 104 valence electrons. The van der Waals surface area contributed by atoms with Crippen LogP contribution in [0.15, 0.2) is 18.2 Å². The Bertz CT molecular complexity index is 457. The van der Waals surface area contributed by atoms with E-state index in [9.17, 15) is 9.59 Å². The molecule has 0 saturated carbocycles. The van der Waals surface area contributed by atoms with Crippen LogP contribution < -0.4 is 15.2 Å². The lowest BCUT2D eigenvalue weighted by Crippen LogP contribution is -2.10. The average Bonchev–Trinajstić information content (AvgIpc) is 2.34. The summed E-state index contributed by atoms with van der Waals surface area (Å²) in [5.74, 6) is -0.128. The highest BCUT2D eigenvalue weighted by Gasteiger charge is 2.10. The fraction of sp³-hybridized carbons (Fsp3) is 0.429. The molecule has 1 rings (SSSR count). The van der Waals surface area contributed by atoms with Crippen LogP contribution in [0.4, 0.5) is 5.69 Å². The molecule has 0 aliphatic heterocycles. The monoisotopic (exact) mass is 265 g/mol. The largest absolute Gasteiger partial charge is 0.426 e. The van der Waals surface area contributed by atoms with Gasteiger partial charge in [-0.15, -0.1) is 0 Å². The van der Waals surface area contributed by atoms with Crippen LogP contribution >= 0.6 is 0 Å². The first-order valence-electron chi connectivity index (χ1n) is 6.37. The summed E-state index contributed by atoms with van der Waals surface area (Å²) in [4.78, 5) is 22.8. The predicted octanol–water partition coefficient (Wildman–Crippen LogP) is 2.68. The van der Waals surface area contributed by atoms with Gasteiger partial charge in [-0.3, -0.25) is 9.59 Å². The molecular formula is C14H19NO4. The average molecular weight is 265 g/mol. The summed E-state index contributed by atoms with van der Waals surface area (Å²) < 4.78 is 10.2. The highest BCUT2D eigenvalue weighted by molar-refractivity contribution is 5.76. The highest BCUT2D eigenvalue weighted by Crippen LogP contribution is 2.27. The summed E-state index contributed by atoms with van der Waals surface area (Å²) >= 11 is 0. The van der Waals surface area contributed by atoms with Crippen molar-refractivity contribution >= 4 is 17.6 Å². The van der Waals surface area contributed by atoms with Crippen LogP contribution in [0.25, 0.3) is 0 Å². The molecule has 0 aliphatic rings. The molecular weight excluding hydrogens is 246 g/mol. The van der Waals surface area contributed by atoms with E-state index < -0.39 is 0 Å². The number of benzene rings is 1. The van der Waals surface area contributed by atoms with Crippen LogP contribution in [0, 0.1) is 0 Å². The molecule has 0 aliphatic carbocycles. The van der Waals surface area contributed by atoms with E-state index in [-0.39, 0.29) is 17.7 Å². The first-order valence-corrected chi connectivity index (χ1v) is 6.37. The van der Waals surface area contributed by atoms with Crippen molar-refractivity contribution < 1.29 is 19.1 Å². The molecule has 0 radical (unpaired) electrons. The van der Waals surface area contributed by atoms with Crippen LogP contribution in [-0.2, 0) is 9.59 Å². The predicted molar refractivity (Wildman–Crippen MR) is 71.9 cm³/mol. The third kappa shape index (κ3) is 4.99. The van der Waals surface area contributed by atoms with Gasteiger partial charge in [0.1, 0.15) is 5.75 Å². The van der Waals surface area contributed by atoms with Gasteiger partial charge in [0, 0.05) is 18.9 Å². The molecule has 0 fully saturated rings. The molecule has 1 aromatic carbocycles. The van der Waals surface area contributed by atoms with E-state index in [1.807, 2.05) is 13.8 Å². The Morgan fingerprint density at radius 3 is 2.21 bits per heavy atom. The van der Waals surface area contributed by atoms with Crippen molar-refractivity contribution in [2.45, 2.75) is 39.5 Å². The normalized spacial score (nSPS) is 10.0. The van der Waals surface area contributed by atoms with E-state index in [1.54, 1.807) is 12.1 Å². The fourth-order valence-corrected chi connectivity index (χ4v) is 1.43. The topological polar surface area (TPSA) is 78.6 Å². The Morgan fingerprint density at radius 2 is 1.63 bits per heavy atom. The van der Waals surface area contributed by atoms with Crippen LogP contribution in [-0.4, -0.2) is 11.9 Å². The molecule has 0 atom stereocenters. The van der Waals surface area contributed by atoms with E-state index in [4.69, 9.17) is 15.2 Å². The Balaban J connectivity index is 2.76. The SMILES string of the molecule is CCCC(=O)Oc1ccc(N)c(OC(=O)CCC)c1. The fourth-order valence-electron chi connectivity index (χ4n) is 1.43. The van der Waals surface area contributed by atoms with Crippen LogP contribution in [0.3, 0.4) is 0 Å². The third-order valence-electron chi connectivity index (χ3n) is 2.35. The van der Waals surface area contributed by atoms with Crippen molar-refractivity contribution in [1.82, 2.24) is 0 Å². The molecule has 2 N–H and O–H groups in total. The van der Waals surface area contributed by atoms with Gasteiger partial charge in [0.2, 0.25) is 0 Å². The molecule has 1 aromatic rings. The zero-order valence-corrected chi connectivity index (χ0v) is 11.3. The summed E-state index contributed by atoms with van der Waals surface area (Å²) in [6.07, 6.45) is 2.07. The molecule has 0 spiro atoms. The first-order chi connectivity index (χ1) is 9.06. The maximum atomic E-state index is 11.4. The van der Waals surface area contributed by atoms with Gasteiger partial charge in [0.05, 0.1) is 5.69 Å². The van der Waals surface area contributed by atoms with Gasteiger partial charge in [0.15, 0.2) is 5.75 Å². The molecule has 0 amide bonds. The Labute approximate surface area is 112 Å².